The maximum Gasteiger partial charge on any atom is 0.408 e. The van der Waals surface area contributed by atoms with Gasteiger partial charge in [0.05, 0.1) is 17.8 Å². The Morgan fingerprint density at radius 3 is 2.16 bits per heavy atom. The molecule has 0 radical (unpaired) electrons. The van der Waals surface area contributed by atoms with E-state index < -0.39 is 71.3 Å². The largest absolute Gasteiger partial charge is 0.445 e. The zero-order valence-corrected chi connectivity index (χ0v) is 25.8. The molecule has 0 aromatic heterocycles. The van der Waals surface area contributed by atoms with Crippen molar-refractivity contribution in [2.45, 2.75) is 81.8 Å². The number of benzene rings is 2. The number of ether oxygens (including phenoxy) is 1. The number of hydrogen-bond acceptors (Lipinski definition) is 7. The number of nitrogens with one attached hydrogen (secondary N) is 3. The molecule has 13 heteroatoms. The number of alkyl carbamates (subject to hydrolysis) is 1. The number of primary amides is 1. The third kappa shape index (κ3) is 10.2. The summed E-state index contributed by atoms with van der Waals surface area (Å²) in [6.45, 7) is 5.43. The summed E-state index contributed by atoms with van der Waals surface area (Å²) in [7, 11) is 0. The van der Waals surface area contributed by atoms with Crippen LogP contribution in [0.5, 0.6) is 0 Å². The van der Waals surface area contributed by atoms with Crippen molar-refractivity contribution in [3.05, 3.63) is 71.8 Å². The van der Waals surface area contributed by atoms with Crippen molar-refractivity contribution in [3.63, 3.8) is 0 Å². The number of halogens is 1. The smallest absolute Gasteiger partial charge is 0.408 e. The summed E-state index contributed by atoms with van der Waals surface area (Å²) < 4.78 is 5.18. The SMILES string of the molecule is CC(C)(C)NC(=O)[C@@H]1[C@@H](Cl)CCN1C(=O)[C@@H](O)[C@H](Cc1ccccc1)NC(=O)[C@H](CC(N)=O)NC(=O)OCc1ccccc1. The van der Waals surface area contributed by atoms with Crippen LogP contribution in [0.15, 0.2) is 60.7 Å². The lowest BCUT2D eigenvalue weighted by molar-refractivity contribution is -0.147. The first-order valence-corrected chi connectivity index (χ1v) is 14.7. The van der Waals surface area contributed by atoms with Gasteiger partial charge >= 0.3 is 6.09 Å². The van der Waals surface area contributed by atoms with Crippen LogP contribution in [0.2, 0.25) is 0 Å². The summed E-state index contributed by atoms with van der Waals surface area (Å²) in [6.07, 6.45) is -3.00. The zero-order valence-electron chi connectivity index (χ0n) is 25.0. The van der Waals surface area contributed by atoms with E-state index in [0.717, 1.165) is 0 Å². The van der Waals surface area contributed by atoms with Gasteiger partial charge in [0.2, 0.25) is 17.7 Å². The van der Waals surface area contributed by atoms with Crippen LogP contribution in [-0.2, 0) is 36.9 Å². The number of aliphatic hydroxyl groups excluding tert-OH is 1. The molecule has 0 saturated carbocycles. The van der Waals surface area contributed by atoms with Crippen LogP contribution in [0.3, 0.4) is 0 Å². The fourth-order valence-electron chi connectivity index (χ4n) is 4.80. The maximum absolute atomic E-state index is 13.7. The average Bonchev–Trinajstić information content (AvgIpc) is 3.36. The lowest BCUT2D eigenvalue weighted by Crippen LogP contribution is -2.60. The third-order valence-electron chi connectivity index (χ3n) is 6.86. The number of carbonyl (C=O) groups excluding carboxylic acids is 5. The van der Waals surface area contributed by atoms with E-state index in [1.165, 1.54) is 4.90 Å². The molecule has 238 valence electrons. The van der Waals surface area contributed by atoms with E-state index in [4.69, 9.17) is 22.1 Å². The monoisotopic (exact) mass is 629 g/mol. The Labute approximate surface area is 261 Å². The van der Waals surface area contributed by atoms with Gasteiger partial charge in [-0.2, -0.15) is 0 Å². The topological polar surface area (TPSA) is 180 Å². The highest BCUT2D eigenvalue weighted by Crippen LogP contribution is 2.25. The van der Waals surface area contributed by atoms with Gasteiger partial charge in [0, 0.05) is 12.1 Å². The Morgan fingerprint density at radius 2 is 1.59 bits per heavy atom. The molecule has 0 unspecified atom stereocenters. The van der Waals surface area contributed by atoms with Crippen molar-refractivity contribution in [1.29, 1.82) is 0 Å². The molecule has 1 heterocycles. The van der Waals surface area contributed by atoms with Gasteiger partial charge in [-0.05, 0) is 44.7 Å². The van der Waals surface area contributed by atoms with Crippen LogP contribution in [-0.4, -0.2) is 81.4 Å². The maximum atomic E-state index is 13.7. The van der Waals surface area contributed by atoms with Crippen molar-refractivity contribution in [2.75, 3.05) is 6.54 Å². The van der Waals surface area contributed by atoms with Crippen LogP contribution in [0, 0.1) is 0 Å². The van der Waals surface area contributed by atoms with Gasteiger partial charge in [-0.1, -0.05) is 60.7 Å². The summed E-state index contributed by atoms with van der Waals surface area (Å²) in [5.41, 5.74) is 6.15. The van der Waals surface area contributed by atoms with E-state index in [9.17, 15) is 29.1 Å². The summed E-state index contributed by atoms with van der Waals surface area (Å²) >= 11 is 6.44. The second-order valence-corrected chi connectivity index (χ2v) is 12.3. The van der Waals surface area contributed by atoms with Gasteiger partial charge in [-0.3, -0.25) is 19.2 Å². The second kappa shape index (κ2) is 15.5. The van der Waals surface area contributed by atoms with Crippen LogP contribution < -0.4 is 21.7 Å². The average molecular weight is 630 g/mol. The minimum Gasteiger partial charge on any atom is -0.445 e. The number of likely N-dealkylation sites (tertiary alicyclic amines) is 1. The number of hydrogen-bond donors (Lipinski definition) is 5. The third-order valence-corrected chi connectivity index (χ3v) is 7.32. The van der Waals surface area contributed by atoms with Crippen LogP contribution in [0.4, 0.5) is 4.79 Å². The first-order chi connectivity index (χ1) is 20.7. The number of rotatable bonds is 12. The Kier molecular flexibility index (Phi) is 12.1. The standard InChI is InChI=1S/C31H40ClN5O7/c1-31(2,3)36-28(41)25-21(32)14-15-37(25)29(42)26(39)22(16-19-10-6-4-7-11-19)34-27(40)23(17-24(33)38)35-30(43)44-18-20-12-8-5-9-13-20/h4-13,21-23,25-26,39H,14-18H2,1-3H3,(H2,33,38)(H,34,40)(H,35,43)(H,36,41)/t21-,22-,23-,25-,26-/m0/s1. The van der Waals surface area contributed by atoms with Crippen molar-refractivity contribution in [3.8, 4) is 0 Å². The summed E-state index contributed by atoms with van der Waals surface area (Å²) in [5, 5.41) is 18.4. The quantitative estimate of drug-likeness (QED) is 0.220. The molecule has 2 aromatic rings. The molecule has 0 spiro atoms. The van der Waals surface area contributed by atoms with Gasteiger partial charge in [0.25, 0.3) is 5.91 Å². The van der Waals surface area contributed by atoms with Crippen molar-refractivity contribution >= 4 is 41.3 Å². The van der Waals surface area contributed by atoms with E-state index >= 15 is 0 Å². The molecule has 12 nitrogen and oxygen atoms in total. The molecular formula is C31H40ClN5O7. The van der Waals surface area contributed by atoms with E-state index in [1.807, 2.05) is 0 Å². The molecular weight excluding hydrogens is 590 g/mol. The predicted molar refractivity (Wildman–Crippen MR) is 163 cm³/mol. The van der Waals surface area contributed by atoms with Gasteiger partial charge in [-0.25, -0.2) is 4.79 Å². The van der Waals surface area contributed by atoms with Crippen molar-refractivity contribution in [1.82, 2.24) is 20.9 Å². The van der Waals surface area contributed by atoms with E-state index in [2.05, 4.69) is 16.0 Å². The molecule has 2 aromatic carbocycles. The normalized spacial score (nSPS) is 18.4. The predicted octanol–water partition coefficient (Wildman–Crippen LogP) is 1.37. The Morgan fingerprint density at radius 1 is 1.00 bits per heavy atom. The minimum atomic E-state index is -1.80. The molecule has 1 fully saturated rings. The fourth-order valence-corrected chi connectivity index (χ4v) is 5.15. The Bertz CT molecular complexity index is 1310. The van der Waals surface area contributed by atoms with Gasteiger partial charge in [-0.15, -0.1) is 11.6 Å². The molecule has 1 saturated heterocycles. The Hall–Kier alpha value is -4.16. The number of aliphatic hydroxyl groups is 1. The molecule has 5 atom stereocenters. The summed E-state index contributed by atoms with van der Waals surface area (Å²) in [4.78, 5) is 65.6. The first-order valence-electron chi connectivity index (χ1n) is 14.3. The van der Waals surface area contributed by atoms with Gasteiger partial charge in [0.15, 0.2) is 6.10 Å². The van der Waals surface area contributed by atoms with E-state index in [1.54, 1.807) is 81.4 Å². The number of alkyl halides is 1. The highest BCUT2D eigenvalue weighted by atomic mass is 35.5. The minimum absolute atomic E-state index is 0.0121. The number of amides is 5. The lowest BCUT2D eigenvalue weighted by Gasteiger charge is -2.33. The van der Waals surface area contributed by atoms with Gasteiger partial charge in [0.1, 0.15) is 18.7 Å². The fraction of sp³-hybridized carbons (Fsp3) is 0.452. The molecule has 44 heavy (non-hydrogen) atoms. The molecule has 1 aliphatic rings. The zero-order chi connectivity index (χ0) is 32.4. The molecule has 6 N–H and O–H groups in total. The number of carbonyl (C=O) groups is 5. The highest BCUT2D eigenvalue weighted by Gasteiger charge is 2.45. The van der Waals surface area contributed by atoms with Crippen molar-refractivity contribution in [2.24, 2.45) is 5.73 Å². The van der Waals surface area contributed by atoms with Crippen LogP contribution in [0.1, 0.15) is 44.7 Å². The van der Waals surface area contributed by atoms with Crippen LogP contribution >= 0.6 is 11.6 Å². The van der Waals surface area contributed by atoms with E-state index in [-0.39, 0.29) is 19.6 Å². The second-order valence-electron chi connectivity index (χ2n) is 11.7. The molecule has 0 bridgehead atoms. The summed E-state index contributed by atoms with van der Waals surface area (Å²) in [5.74, 6) is -3.00. The Balaban J connectivity index is 1.79. The van der Waals surface area contributed by atoms with Crippen LogP contribution in [0.25, 0.3) is 0 Å². The molecule has 3 rings (SSSR count). The number of nitrogens with two attached hydrogens (primary N) is 1. The first kappa shape index (κ1) is 34.3. The van der Waals surface area contributed by atoms with Crippen molar-refractivity contribution < 1.29 is 33.8 Å². The molecule has 5 amide bonds. The molecule has 1 aliphatic heterocycles. The molecule has 0 aliphatic carbocycles. The number of nitrogens with zero attached hydrogens (tertiary/aromatic N) is 1. The van der Waals surface area contributed by atoms with E-state index in [0.29, 0.717) is 17.5 Å². The summed E-state index contributed by atoms with van der Waals surface area (Å²) in [6, 6.07) is 13.9. The highest BCUT2D eigenvalue weighted by molar-refractivity contribution is 6.23. The van der Waals surface area contributed by atoms with Gasteiger partial charge < -0.3 is 36.4 Å². The lowest BCUT2D eigenvalue weighted by atomic mass is 9.99.